The Morgan fingerprint density at radius 1 is 1.28 bits per heavy atom. The van der Waals surface area contributed by atoms with Crippen molar-refractivity contribution in [2.75, 3.05) is 18.4 Å². The predicted octanol–water partition coefficient (Wildman–Crippen LogP) is 4.41. The number of nitrogens with one attached hydrogen (secondary N) is 1. The monoisotopic (exact) mass is 312 g/mol. The molecule has 0 aromatic heterocycles. The van der Waals surface area contributed by atoms with Crippen molar-refractivity contribution < 1.29 is 4.79 Å². The molecule has 2 amide bonds. The molecular formula is C14H21BrN2O. The number of amides is 2. The van der Waals surface area contributed by atoms with E-state index >= 15 is 0 Å². The quantitative estimate of drug-likeness (QED) is 0.858. The fraction of sp³-hybridized carbons (Fsp3) is 0.500. The summed E-state index contributed by atoms with van der Waals surface area (Å²) >= 11 is 3.42. The van der Waals surface area contributed by atoms with E-state index in [1.165, 1.54) is 0 Å². The molecule has 0 aliphatic carbocycles. The van der Waals surface area contributed by atoms with E-state index in [1.54, 1.807) is 0 Å². The number of benzene rings is 1. The van der Waals surface area contributed by atoms with Crippen LogP contribution in [0, 0.1) is 6.92 Å². The normalized spacial score (nSPS) is 10.2. The molecule has 100 valence electrons. The highest BCUT2D eigenvalue weighted by atomic mass is 79.9. The van der Waals surface area contributed by atoms with Gasteiger partial charge < -0.3 is 10.2 Å². The van der Waals surface area contributed by atoms with Gasteiger partial charge in [0, 0.05) is 23.2 Å². The number of urea groups is 1. The van der Waals surface area contributed by atoms with Crippen molar-refractivity contribution in [3.05, 3.63) is 28.2 Å². The maximum Gasteiger partial charge on any atom is 0.321 e. The van der Waals surface area contributed by atoms with Gasteiger partial charge in [0.15, 0.2) is 0 Å². The first-order chi connectivity index (χ1) is 8.58. The third kappa shape index (κ3) is 4.33. The summed E-state index contributed by atoms with van der Waals surface area (Å²) in [5, 5.41) is 2.97. The second kappa shape index (κ2) is 7.41. The Balaban J connectivity index is 2.72. The Kier molecular flexibility index (Phi) is 6.19. The standard InChI is InChI=1S/C14H21BrN2O/c1-4-8-17(9-5-2)14(18)16-13-7-6-12(15)10-11(13)3/h6-7,10H,4-5,8-9H2,1-3H3,(H,16,18). The molecule has 0 fully saturated rings. The SMILES string of the molecule is CCCN(CCC)C(=O)Nc1ccc(Br)cc1C. The Morgan fingerprint density at radius 3 is 2.39 bits per heavy atom. The predicted molar refractivity (Wildman–Crippen MR) is 80.1 cm³/mol. The first-order valence-corrected chi connectivity index (χ1v) is 7.19. The maximum absolute atomic E-state index is 12.1. The summed E-state index contributed by atoms with van der Waals surface area (Å²) in [5.74, 6) is 0. The molecule has 0 atom stereocenters. The highest BCUT2D eigenvalue weighted by Gasteiger charge is 2.12. The van der Waals surface area contributed by atoms with Crippen molar-refractivity contribution in [2.45, 2.75) is 33.6 Å². The van der Waals surface area contributed by atoms with Crippen LogP contribution in [0.3, 0.4) is 0 Å². The van der Waals surface area contributed by atoms with Crippen molar-refractivity contribution in [3.63, 3.8) is 0 Å². The number of rotatable bonds is 5. The highest BCUT2D eigenvalue weighted by molar-refractivity contribution is 9.10. The molecule has 1 aromatic carbocycles. The molecule has 0 saturated carbocycles. The summed E-state index contributed by atoms with van der Waals surface area (Å²) in [6, 6.07) is 5.85. The van der Waals surface area contributed by atoms with Gasteiger partial charge in [-0.15, -0.1) is 0 Å². The highest BCUT2D eigenvalue weighted by Crippen LogP contribution is 2.20. The van der Waals surface area contributed by atoms with Gasteiger partial charge in [0.05, 0.1) is 0 Å². The fourth-order valence-corrected chi connectivity index (χ4v) is 2.29. The lowest BCUT2D eigenvalue weighted by atomic mass is 10.2. The second-order valence-corrected chi connectivity index (χ2v) is 5.29. The average molecular weight is 313 g/mol. The number of carbonyl (C=O) groups is 1. The molecule has 0 bridgehead atoms. The number of carbonyl (C=O) groups excluding carboxylic acids is 1. The Bertz CT molecular complexity index is 401. The van der Waals surface area contributed by atoms with Crippen molar-refractivity contribution >= 4 is 27.6 Å². The van der Waals surface area contributed by atoms with Gasteiger partial charge in [-0.3, -0.25) is 0 Å². The number of anilines is 1. The van der Waals surface area contributed by atoms with Crippen molar-refractivity contribution in [1.29, 1.82) is 0 Å². The number of nitrogens with zero attached hydrogens (tertiary/aromatic N) is 1. The summed E-state index contributed by atoms with van der Waals surface area (Å²) in [6.07, 6.45) is 1.96. The van der Waals surface area contributed by atoms with Gasteiger partial charge in [-0.1, -0.05) is 29.8 Å². The third-order valence-corrected chi connectivity index (χ3v) is 3.20. The van der Waals surface area contributed by atoms with Crippen molar-refractivity contribution in [3.8, 4) is 0 Å². The van der Waals surface area contributed by atoms with E-state index in [9.17, 15) is 4.79 Å². The lowest BCUT2D eigenvalue weighted by Crippen LogP contribution is -2.36. The van der Waals surface area contributed by atoms with Gasteiger partial charge in [-0.25, -0.2) is 4.79 Å². The first-order valence-electron chi connectivity index (χ1n) is 6.40. The van der Waals surface area contributed by atoms with Crippen LogP contribution < -0.4 is 5.32 Å². The molecule has 0 aliphatic heterocycles. The van der Waals surface area contributed by atoms with Gasteiger partial charge >= 0.3 is 6.03 Å². The van der Waals surface area contributed by atoms with Gasteiger partial charge in [0.1, 0.15) is 0 Å². The number of aryl methyl sites for hydroxylation is 1. The van der Waals surface area contributed by atoms with Gasteiger partial charge in [-0.05, 0) is 43.5 Å². The van der Waals surface area contributed by atoms with E-state index in [0.29, 0.717) is 0 Å². The molecule has 0 unspecified atom stereocenters. The molecule has 1 rings (SSSR count). The number of halogens is 1. The zero-order chi connectivity index (χ0) is 13.5. The topological polar surface area (TPSA) is 32.3 Å². The van der Waals surface area contributed by atoms with E-state index in [0.717, 1.165) is 41.7 Å². The molecular weight excluding hydrogens is 292 g/mol. The summed E-state index contributed by atoms with van der Waals surface area (Å²) in [5.41, 5.74) is 1.94. The Morgan fingerprint density at radius 2 is 1.89 bits per heavy atom. The fourth-order valence-electron chi connectivity index (χ4n) is 1.82. The van der Waals surface area contributed by atoms with Crippen molar-refractivity contribution in [1.82, 2.24) is 4.90 Å². The summed E-state index contributed by atoms with van der Waals surface area (Å²) in [6.45, 7) is 7.76. The van der Waals surface area contributed by atoms with Crippen molar-refractivity contribution in [2.24, 2.45) is 0 Å². The van der Waals surface area contributed by atoms with E-state index in [4.69, 9.17) is 0 Å². The molecule has 1 N–H and O–H groups in total. The third-order valence-electron chi connectivity index (χ3n) is 2.70. The van der Waals surface area contributed by atoms with Crippen LogP contribution in [0.25, 0.3) is 0 Å². The summed E-state index contributed by atoms with van der Waals surface area (Å²) in [4.78, 5) is 14.0. The Hall–Kier alpha value is -1.03. The van der Waals surface area contributed by atoms with E-state index in [1.807, 2.05) is 30.0 Å². The van der Waals surface area contributed by atoms with Crippen LogP contribution in [0.15, 0.2) is 22.7 Å². The number of hydrogen-bond acceptors (Lipinski definition) is 1. The zero-order valence-electron chi connectivity index (χ0n) is 11.3. The molecule has 0 radical (unpaired) electrons. The summed E-state index contributed by atoms with van der Waals surface area (Å²) in [7, 11) is 0. The molecule has 0 aliphatic rings. The minimum absolute atomic E-state index is 0.0101. The van der Waals surface area contributed by atoms with Crippen LogP contribution in [0.2, 0.25) is 0 Å². The van der Waals surface area contributed by atoms with Crippen LogP contribution in [0.5, 0.6) is 0 Å². The van der Waals surface area contributed by atoms with Gasteiger partial charge in [0.25, 0.3) is 0 Å². The van der Waals surface area contributed by atoms with Crippen LogP contribution >= 0.6 is 15.9 Å². The number of hydrogen-bond donors (Lipinski definition) is 1. The Labute approximate surface area is 118 Å². The molecule has 1 aromatic rings. The molecule has 0 heterocycles. The second-order valence-electron chi connectivity index (χ2n) is 4.38. The molecule has 4 heteroatoms. The zero-order valence-corrected chi connectivity index (χ0v) is 12.9. The van der Waals surface area contributed by atoms with E-state index in [-0.39, 0.29) is 6.03 Å². The van der Waals surface area contributed by atoms with Crippen LogP contribution in [-0.4, -0.2) is 24.0 Å². The molecule has 0 saturated heterocycles. The first kappa shape index (κ1) is 15.0. The van der Waals surface area contributed by atoms with Crippen LogP contribution in [0.1, 0.15) is 32.3 Å². The molecule has 18 heavy (non-hydrogen) atoms. The maximum atomic E-state index is 12.1. The minimum Gasteiger partial charge on any atom is -0.325 e. The van der Waals surface area contributed by atoms with E-state index < -0.39 is 0 Å². The lowest BCUT2D eigenvalue weighted by Gasteiger charge is -2.22. The minimum atomic E-state index is -0.0101. The molecule has 3 nitrogen and oxygen atoms in total. The van der Waals surface area contributed by atoms with Gasteiger partial charge in [-0.2, -0.15) is 0 Å². The summed E-state index contributed by atoms with van der Waals surface area (Å²) < 4.78 is 1.02. The average Bonchev–Trinajstić information content (AvgIpc) is 2.32. The largest absolute Gasteiger partial charge is 0.325 e. The smallest absolute Gasteiger partial charge is 0.321 e. The molecule has 0 spiro atoms. The van der Waals surface area contributed by atoms with Crippen LogP contribution in [0.4, 0.5) is 10.5 Å². The van der Waals surface area contributed by atoms with E-state index in [2.05, 4.69) is 35.1 Å². The van der Waals surface area contributed by atoms with Gasteiger partial charge in [0.2, 0.25) is 0 Å². The lowest BCUT2D eigenvalue weighted by molar-refractivity contribution is 0.211. The van der Waals surface area contributed by atoms with Crippen LogP contribution in [-0.2, 0) is 0 Å².